The van der Waals surface area contributed by atoms with E-state index in [4.69, 9.17) is 10.8 Å². The minimum absolute atomic E-state index is 0.153. The maximum Gasteiger partial charge on any atom is 0.237 e. The summed E-state index contributed by atoms with van der Waals surface area (Å²) in [4.78, 5) is 11.5. The molecule has 0 rings (SSSR count). The van der Waals surface area contributed by atoms with Crippen LogP contribution < -0.4 is 11.1 Å². The molecule has 17 heavy (non-hydrogen) atoms. The fraction of sp³-hybridized carbons (Fsp3) is 0.917. The van der Waals surface area contributed by atoms with Crippen molar-refractivity contribution in [2.24, 2.45) is 5.73 Å². The number of nitrogens with one attached hydrogen (secondary N) is 1. The van der Waals surface area contributed by atoms with Crippen molar-refractivity contribution in [1.29, 1.82) is 0 Å². The standard InChI is InChI=1S/C12H26N2O2S/c1-8(2)14-12(5,11(13)16)6-9(3)17-10(4)7-15/h8-10,14-15H,6-7H2,1-5H3,(H2,13,16). The molecule has 0 aliphatic heterocycles. The minimum Gasteiger partial charge on any atom is -0.395 e. The van der Waals surface area contributed by atoms with Gasteiger partial charge < -0.3 is 16.2 Å². The van der Waals surface area contributed by atoms with E-state index in [-0.39, 0.29) is 29.1 Å². The fourth-order valence-corrected chi connectivity index (χ4v) is 3.24. The number of hydrogen-bond acceptors (Lipinski definition) is 4. The van der Waals surface area contributed by atoms with E-state index < -0.39 is 5.54 Å². The first-order valence-electron chi connectivity index (χ1n) is 6.05. The topological polar surface area (TPSA) is 75.3 Å². The molecule has 0 aliphatic carbocycles. The van der Waals surface area contributed by atoms with Gasteiger partial charge in [0.1, 0.15) is 0 Å². The number of amides is 1. The Morgan fingerprint density at radius 1 is 1.35 bits per heavy atom. The zero-order valence-corrected chi connectivity index (χ0v) is 12.3. The molecule has 0 bridgehead atoms. The van der Waals surface area contributed by atoms with E-state index in [0.717, 1.165) is 0 Å². The summed E-state index contributed by atoms with van der Waals surface area (Å²) in [5, 5.41) is 12.7. The number of aliphatic hydroxyl groups excluding tert-OH is 1. The Hall–Kier alpha value is -0.260. The summed E-state index contributed by atoms with van der Waals surface area (Å²) in [6.07, 6.45) is 0.662. The zero-order chi connectivity index (χ0) is 13.6. The molecule has 0 saturated carbocycles. The van der Waals surface area contributed by atoms with E-state index in [1.165, 1.54) is 0 Å². The summed E-state index contributed by atoms with van der Waals surface area (Å²) < 4.78 is 0. The van der Waals surface area contributed by atoms with Gasteiger partial charge in [-0.2, -0.15) is 11.8 Å². The van der Waals surface area contributed by atoms with Gasteiger partial charge in [-0.25, -0.2) is 0 Å². The van der Waals surface area contributed by atoms with Gasteiger partial charge in [-0.05, 0) is 27.2 Å². The summed E-state index contributed by atoms with van der Waals surface area (Å²) in [5.74, 6) is -0.324. The number of primary amides is 1. The number of aliphatic hydroxyl groups is 1. The van der Waals surface area contributed by atoms with Crippen molar-refractivity contribution in [3.63, 3.8) is 0 Å². The van der Waals surface area contributed by atoms with Crippen LogP contribution >= 0.6 is 11.8 Å². The predicted molar refractivity (Wildman–Crippen MR) is 74.1 cm³/mol. The van der Waals surface area contributed by atoms with Crippen molar-refractivity contribution in [3.8, 4) is 0 Å². The molecule has 4 nitrogen and oxygen atoms in total. The second kappa shape index (κ2) is 7.24. The molecular formula is C12H26N2O2S. The molecule has 0 fully saturated rings. The monoisotopic (exact) mass is 262 g/mol. The average Bonchev–Trinajstić information content (AvgIpc) is 2.15. The van der Waals surface area contributed by atoms with Crippen molar-refractivity contribution in [3.05, 3.63) is 0 Å². The third kappa shape index (κ3) is 6.29. The van der Waals surface area contributed by atoms with Crippen LogP contribution in [0.25, 0.3) is 0 Å². The highest BCUT2D eigenvalue weighted by Crippen LogP contribution is 2.25. The zero-order valence-electron chi connectivity index (χ0n) is 11.5. The molecule has 4 N–H and O–H groups in total. The fourth-order valence-electron chi connectivity index (χ4n) is 1.93. The molecule has 0 aromatic carbocycles. The summed E-state index contributed by atoms with van der Waals surface area (Å²) in [6, 6.07) is 0.208. The highest BCUT2D eigenvalue weighted by Gasteiger charge is 2.33. The number of nitrogens with two attached hydrogens (primary N) is 1. The molecule has 0 spiro atoms. The summed E-state index contributed by atoms with van der Waals surface area (Å²) in [6.45, 7) is 10.0. The number of thioether (sulfide) groups is 1. The first-order chi connectivity index (χ1) is 7.71. The Labute approximate surface area is 109 Å². The molecule has 0 heterocycles. The van der Waals surface area contributed by atoms with Crippen LogP contribution in [-0.4, -0.2) is 39.7 Å². The van der Waals surface area contributed by atoms with Crippen LogP contribution in [0.5, 0.6) is 0 Å². The smallest absolute Gasteiger partial charge is 0.237 e. The predicted octanol–water partition coefficient (Wildman–Crippen LogP) is 1.12. The van der Waals surface area contributed by atoms with E-state index in [1.54, 1.807) is 11.8 Å². The van der Waals surface area contributed by atoms with Crippen molar-refractivity contribution in [1.82, 2.24) is 5.32 Å². The molecule has 3 unspecified atom stereocenters. The molecule has 1 amide bonds. The van der Waals surface area contributed by atoms with Gasteiger partial charge in [0.2, 0.25) is 5.91 Å². The molecule has 0 aromatic heterocycles. The third-order valence-electron chi connectivity index (χ3n) is 2.57. The van der Waals surface area contributed by atoms with Gasteiger partial charge in [-0.3, -0.25) is 4.79 Å². The van der Waals surface area contributed by atoms with E-state index in [1.807, 2.05) is 27.7 Å². The molecule has 5 heteroatoms. The Bertz CT molecular complexity index is 249. The molecule has 0 radical (unpaired) electrons. The number of hydrogen-bond donors (Lipinski definition) is 3. The van der Waals surface area contributed by atoms with Crippen molar-refractivity contribution in [2.75, 3.05) is 6.61 Å². The third-order valence-corrected chi connectivity index (χ3v) is 3.81. The van der Waals surface area contributed by atoms with E-state index in [0.29, 0.717) is 6.42 Å². The normalized spacial score (nSPS) is 18.8. The summed E-state index contributed by atoms with van der Waals surface area (Å²) >= 11 is 1.67. The maximum atomic E-state index is 11.5. The molecule has 0 aromatic rings. The maximum absolute atomic E-state index is 11.5. The van der Waals surface area contributed by atoms with Crippen LogP contribution in [0.3, 0.4) is 0 Å². The van der Waals surface area contributed by atoms with Crippen molar-refractivity contribution in [2.45, 2.75) is 63.1 Å². The van der Waals surface area contributed by atoms with E-state index >= 15 is 0 Å². The van der Waals surface area contributed by atoms with Crippen LogP contribution in [0.2, 0.25) is 0 Å². The van der Waals surface area contributed by atoms with Crippen LogP contribution in [0.4, 0.5) is 0 Å². The average molecular weight is 262 g/mol. The van der Waals surface area contributed by atoms with Crippen molar-refractivity contribution < 1.29 is 9.90 Å². The first kappa shape index (κ1) is 16.7. The summed E-state index contributed by atoms with van der Waals surface area (Å²) in [7, 11) is 0. The Kier molecular flexibility index (Phi) is 7.13. The van der Waals surface area contributed by atoms with Gasteiger partial charge in [0.05, 0.1) is 12.1 Å². The second-order valence-electron chi connectivity index (χ2n) is 5.14. The van der Waals surface area contributed by atoms with Gasteiger partial charge >= 0.3 is 0 Å². The lowest BCUT2D eigenvalue weighted by Gasteiger charge is -2.32. The van der Waals surface area contributed by atoms with Crippen LogP contribution in [-0.2, 0) is 4.79 Å². The van der Waals surface area contributed by atoms with Gasteiger partial charge in [-0.1, -0.05) is 13.8 Å². The van der Waals surface area contributed by atoms with Crippen LogP contribution in [0, 0.1) is 0 Å². The number of carbonyl (C=O) groups is 1. The molecular weight excluding hydrogens is 236 g/mol. The van der Waals surface area contributed by atoms with Gasteiger partial charge in [0.25, 0.3) is 0 Å². The lowest BCUT2D eigenvalue weighted by Crippen LogP contribution is -2.56. The van der Waals surface area contributed by atoms with Gasteiger partial charge in [0, 0.05) is 16.5 Å². The highest BCUT2D eigenvalue weighted by atomic mass is 32.2. The molecule has 0 saturated heterocycles. The summed E-state index contributed by atoms with van der Waals surface area (Å²) in [5.41, 5.74) is 4.79. The quantitative estimate of drug-likeness (QED) is 0.613. The molecule has 0 aliphatic rings. The lowest BCUT2D eigenvalue weighted by atomic mass is 9.94. The van der Waals surface area contributed by atoms with Crippen molar-refractivity contribution >= 4 is 17.7 Å². The van der Waals surface area contributed by atoms with Gasteiger partial charge in [-0.15, -0.1) is 0 Å². The SMILES string of the molecule is CC(C)NC(C)(CC(C)SC(C)CO)C(N)=O. The minimum atomic E-state index is -0.685. The Balaban J connectivity index is 4.49. The number of carbonyl (C=O) groups excluding carboxylic acids is 1. The van der Waals surface area contributed by atoms with E-state index in [9.17, 15) is 4.79 Å². The number of rotatable bonds is 8. The first-order valence-corrected chi connectivity index (χ1v) is 6.99. The van der Waals surface area contributed by atoms with Gasteiger partial charge in [0.15, 0.2) is 0 Å². The molecule has 102 valence electrons. The van der Waals surface area contributed by atoms with Crippen LogP contribution in [0.1, 0.15) is 41.0 Å². The lowest BCUT2D eigenvalue weighted by molar-refractivity contribution is -0.124. The molecule has 3 atom stereocenters. The van der Waals surface area contributed by atoms with Crippen LogP contribution in [0.15, 0.2) is 0 Å². The Morgan fingerprint density at radius 3 is 2.24 bits per heavy atom. The largest absolute Gasteiger partial charge is 0.395 e. The second-order valence-corrected chi connectivity index (χ2v) is 7.02. The Morgan fingerprint density at radius 2 is 1.88 bits per heavy atom. The van der Waals surface area contributed by atoms with E-state index in [2.05, 4.69) is 12.2 Å². The highest BCUT2D eigenvalue weighted by molar-refractivity contribution is 8.00.